The van der Waals surface area contributed by atoms with Crippen LogP contribution in [0.3, 0.4) is 0 Å². The Morgan fingerprint density at radius 2 is 2.20 bits per heavy atom. The number of carbonyl (C=O) groups excluding carboxylic acids is 1. The molecule has 0 unspecified atom stereocenters. The molecule has 0 atom stereocenters. The molecule has 1 amide bonds. The summed E-state index contributed by atoms with van der Waals surface area (Å²) < 4.78 is 1.60. The zero-order valence-corrected chi connectivity index (χ0v) is 12.7. The molecule has 2 heterocycles. The molecule has 108 valence electrons. The molecule has 0 bridgehead atoms. The highest BCUT2D eigenvalue weighted by atomic mass is 35.5. The molecule has 0 spiro atoms. The second-order valence-corrected chi connectivity index (χ2v) is 5.20. The number of aliphatic hydroxyl groups excluding tert-OH is 1. The predicted octanol–water partition coefficient (Wildman–Crippen LogP) is 2.40. The van der Waals surface area contributed by atoms with E-state index in [1.165, 1.54) is 0 Å². The monoisotopic (exact) mass is 315 g/mol. The molecule has 2 aromatic rings. The van der Waals surface area contributed by atoms with Crippen molar-refractivity contribution in [2.24, 2.45) is 0 Å². The van der Waals surface area contributed by atoms with Crippen LogP contribution in [0, 0.1) is 6.92 Å². The van der Waals surface area contributed by atoms with Crippen molar-refractivity contribution < 1.29 is 9.90 Å². The Bertz CT molecular complexity index is 655. The maximum atomic E-state index is 12.6. The fourth-order valence-electron chi connectivity index (χ4n) is 2.12. The molecule has 0 saturated heterocycles. The number of likely N-dealkylation sites (N-methyl/N-ethyl adjacent to an activating group) is 1. The predicted molar refractivity (Wildman–Crippen MR) is 78.6 cm³/mol. The van der Waals surface area contributed by atoms with Crippen molar-refractivity contribution in [3.8, 4) is 0 Å². The summed E-state index contributed by atoms with van der Waals surface area (Å²) in [6.45, 7) is 4.29. The number of aryl methyl sites for hydroxylation is 1. The number of aliphatic hydroxyl groups is 1. The smallest absolute Gasteiger partial charge is 0.272 e. The fourth-order valence-corrected chi connectivity index (χ4v) is 2.63. The number of halogens is 2. The minimum absolute atomic E-state index is 0.0864. The number of hydrogen-bond donors (Lipinski definition) is 1. The number of fused-ring (bicyclic) bond motifs is 1. The summed E-state index contributed by atoms with van der Waals surface area (Å²) in [5.74, 6) is -0.204. The lowest BCUT2D eigenvalue weighted by atomic mass is 10.3. The topological polar surface area (TPSA) is 57.8 Å². The van der Waals surface area contributed by atoms with Crippen molar-refractivity contribution in [1.82, 2.24) is 14.3 Å². The van der Waals surface area contributed by atoms with E-state index in [4.69, 9.17) is 28.3 Å². The van der Waals surface area contributed by atoms with E-state index >= 15 is 0 Å². The lowest BCUT2D eigenvalue weighted by molar-refractivity contribution is 0.0724. The third kappa shape index (κ3) is 2.61. The third-order valence-electron chi connectivity index (χ3n) is 3.06. The second-order valence-electron chi connectivity index (χ2n) is 4.35. The van der Waals surface area contributed by atoms with Crippen LogP contribution in [0.2, 0.25) is 10.0 Å². The summed E-state index contributed by atoms with van der Waals surface area (Å²) in [5, 5.41) is 9.85. The van der Waals surface area contributed by atoms with Crippen LogP contribution in [0.1, 0.15) is 23.1 Å². The van der Waals surface area contributed by atoms with Gasteiger partial charge in [-0.1, -0.05) is 23.2 Å². The van der Waals surface area contributed by atoms with E-state index < -0.39 is 0 Å². The second kappa shape index (κ2) is 5.99. The summed E-state index contributed by atoms with van der Waals surface area (Å²) in [7, 11) is 0. The Hall–Kier alpha value is -1.30. The molecule has 1 N–H and O–H groups in total. The zero-order chi connectivity index (χ0) is 14.9. The number of amides is 1. The summed E-state index contributed by atoms with van der Waals surface area (Å²) in [4.78, 5) is 18.4. The highest BCUT2D eigenvalue weighted by molar-refractivity contribution is 6.36. The van der Waals surface area contributed by atoms with Crippen molar-refractivity contribution in [3.05, 3.63) is 33.7 Å². The first-order valence-corrected chi connectivity index (χ1v) is 6.99. The molecule has 0 fully saturated rings. The van der Waals surface area contributed by atoms with Crippen LogP contribution in [-0.4, -0.2) is 45.0 Å². The molecular weight excluding hydrogens is 301 g/mol. The quantitative estimate of drug-likeness (QED) is 0.942. The number of hydrogen-bond acceptors (Lipinski definition) is 3. The van der Waals surface area contributed by atoms with Crippen LogP contribution < -0.4 is 0 Å². The maximum absolute atomic E-state index is 12.6. The van der Waals surface area contributed by atoms with Crippen LogP contribution in [-0.2, 0) is 0 Å². The van der Waals surface area contributed by atoms with Gasteiger partial charge in [-0.2, -0.15) is 0 Å². The SMILES string of the molecule is CCN(CCO)C(=O)c1c(C)nc2c(Cl)cc(Cl)cn12. The normalized spacial score (nSPS) is 11.1. The molecule has 0 radical (unpaired) electrons. The van der Waals surface area contributed by atoms with Gasteiger partial charge in [-0.05, 0) is 19.9 Å². The van der Waals surface area contributed by atoms with E-state index in [0.29, 0.717) is 33.6 Å². The fraction of sp³-hybridized carbons (Fsp3) is 0.385. The molecule has 2 rings (SSSR count). The number of aromatic nitrogens is 2. The van der Waals surface area contributed by atoms with Crippen molar-refractivity contribution in [1.29, 1.82) is 0 Å². The van der Waals surface area contributed by atoms with E-state index in [0.717, 1.165) is 0 Å². The summed E-state index contributed by atoms with van der Waals surface area (Å²) in [6.07, 6.45) is 1.61. The van der Waals surface area contributed by atoms with Crippen LogP contribution in [0.4, 0.5) is 0 Å². The summed E-state index contributed by atoms with van der Waals surface area (Å²) >= 11 is 12.1. The van der Waals surface area contributed by atoms with Gasteiger partial charge in [0.25, 0.3) is 5.91 Å². The first kappa shape index (κ1) is 15.1. The highest BCUT2D eigenvalue weighted by Gasteiger charge is 2.22. The third-order valence-corrected chi connectivity index (χ3v) is 3.54. The lowest BCUT2D eigenvalue weighted by Gasteiger charge is -2.19. The van der Waals surface area contributed by atoms with Crippen LogP contribution in [0.15, 0.2) is 12.3 Å². The largest absolute Gasteiger partial charge is 0.395 e. The molecule has 7 heteroatoms. The Labute approximate surface area is 126 Å². The standard InChI is InChI=1S/C13H15Cl2N3O2/c1-3-17(4-5-19)13(20)11-8(2)16-12-10(15)6-9(14)7-18(11)12/h6-7,19H,3-5H2,1-2H3. The van der Waals surface area contributed by atoms with Crippen molar-refractivity contribution in [2.45, 2.75) is 13.8 Å². The minimum Gasteiger partial charge on any atom is -0.395 e. The molecular formula is C13H15Cl2N3O2. The van der Waals surface area contributed by atoms with E-state index in [1.54, 1.807) is 28.5 Å². The van der Waals surface area contributed by atoms with Gasteiger partial charge in [-0.15, -0.1) is 0 Å². The molecule has 5 nitrogen and oxygen atoms in total. The minimum atomic E-state index is -0.204. The van der Waals surface area contributed by atoms with E-state index in [9.17, 15) is 4.79 Å². The summed E-state index contributed by atoms with van der Waals surface area (Å²) in [6, 6.07) is 1.59. The molecule has 0 saturated carbocycles. The van der Waals surface area contributed by atoms with Gasteiger partial charge in [-0.25, -0.2) is 4.98 Å². The van der Waals surface area contributed by atoms with Gasteiger partial charge < -0.3 is 10.0 Å². The van der Waals surface area contributed by atoms with Gasteiger partial charge in [0.15, 0.2) is 5.65 Å². The van der Waals surface area contributed by atoms with Gasteiger partial charge in [0, 0.05) is 19.3 Å². The van der Waals surface area contributed by atoms with Crippen LogP contribution >= 0.6 is 23.2 Å². The number of carbonyl (C=O) groups is 1. The van der Waals surface area contributed by atoms with E-state index in [1.807, 2.05) is 6.92 Å². The molecule has 0 aliphatic carbocycles. The lowest BCUT2D eigenvalue weighted by Crippen LogP contribution is -2.34. The molecule has 20 heavy (non-hydrogen) atoms. The van der Waals surface area contributed by atoms with Crippen LogP contribution in [0.5, 0.6) is 0 Å². The Morgan fingerprint density at radius 3 is 2.80 bits per heavy atom. The first-order chi connectivity index (χ1) is 9.49. The highest BCUT2D eigenvalue weighted by Crippen LogP contribution is 2.24. The average molecular weight is 316 g/mol. The number of pyridine rings is 1. The molecule has 0 aliphatic heterocycles. The van der Waals surface area contributed by atoms with Crippen molar-refractivity contribution in [2.75, 3.05) is 19.7 Å². The maximum Gasteiger partial charge on any atom is 0.272 e. The Kier molecular flexibility index (Phi) is 4.52. The first-order valence-electron chi connectivity index (χ1n) is 6.23. The van der Waals surface area contributed by atoms with E-state index in [-0.39, 0.29) is 19.1 Å². The van der Waals surface area contributed by atoms with Gasteiger partial charge in [0.05, 0.1) is 22.3 Å². The van der Waals surface area contributed by atoms with Gasteiger partial charge >= 0.3 is 0 Å². The Morgan fingerprint density at radius 1 is 1.50 bits per heavy atom. The molecule has 0 aromatic carbocycles. The van der Waals surface area contributed by atoms with Crippen molar-refractivity contribution >= 4 is 34.8 Å². The number of rotatable bonds is 4. The van der Waals surface area contributed by atoms with E-state index in [2.05, 4.69) is 4.98 Å². The zero-order valence-electron chi connectivity index (χ0n) is 11.2. The Balaban J connectivity index is 2.59. The number of imidazole rings is 1. The van der Waals surface area contributed by atoms with Gasteiger partial charge in [-0.3, -0.25) is 9.20 Å². The van der Waals surface area contributed by atoms with Crippen LogP contribution in [0.25, 0.3) is 5.65 Å². The summed E-state index contributed by atoms with van der Waals surface area (Å²) in [5.41, 5.74) is 1.49. The average Bonchev–Trinajstić information content (AvgIpc) is 2.72. The molecule has 2 aromatic heterocycles. The van der Waals surface area contributed by atoms with Crippen molar-refractivity contribution in [3.63, 3.8) is 0 Å². The van der Waals surface area contributed by atoms with Gasteiger partial charge in [0.2, 0.25) is 0 Å². The number of nitrogens with zero attached hydrogens (tertiary/aromatic N) is 3. The molecule has 0 aliphatic rings. The van der Waals surface area contributed by atoms with Gasteiger partial charge in [0.1, 0.15) is 5.69 Å².